The fourth-order valence-electron chi connectivity index (χ4n) is 2.83. The van der Waals surface area contributed by atoms with Crippen molar-refractivity contribution in [1.82, 2.24) is 9.88 Å². The molecule has 0 unspecified atom stereocenters. The van der Waals surface area contributed by atoms with Gasteiger partial charge in [0.05, 0.1) is 17.3 Å². The Hall–Kier alpha value is -2.15. The zero-order chi connectivity index (χ0) is 16.0. The van der Waals surface area contributed by atoms with Crippen LogP contribution in [-0.4, -0.2) is 54.4 Å². The number of likely N-dealkylation sites (N-methyl/N-ethyl adjacent to an activating group) is 1. The number of fused-ring (bicyclic) bond motifs is 3. The summed E-state index contributed by atoms with van der Waals surface area (Å²) in [5.74, 6) is -0.805. The van der Waals surface area contributed by atoms with Crippen LogP contribution in [0, 0.1) is 5.95 Å². The third-order valence-electron chi connectivity index (χ3n) is 4.01. The van der Waals surface area contributed by atoms with E-state index >= 15 is 0 Å². The molecule has 2 aliphatic rings. The molecule has 3 rings (SSSR count). The quantitative estimate of drug-likeness (QED) is 0.572. The van der Waals surface area contributed by atoms with E-state index in [4.69, 9.17) is 11.6 Å². The van der Waals surface area contributed by atoms with Crippen molar-refractivity contribution in [3.63, 3.8) is 0 Å². The minimum atomic E-state index is -0.772. The van der Waals surface area contributed by atoms with Gasteiger partial charge in [-0.1, -0.05) is 18.2 Å². The molecule has 0 spiro atoms. The molecule has 1 aromatic heterocycles. The van der Waals surface area contributed by atoms with Gasteiger partial charge in [-0.05, 0) is 12.1 Å². The van der Waals surface area contributed by atoms with Crippen molar-refractivity contribution in [2.75, 3.05) is 36.5 Å². The van der Waals surface area contributed by atoms with Crippen LogP contribution in [0.15, 0.2) is 18.7 Å². The molecule has 22 heavy (non-hydrogen) atoms. The van der Waals surface area contributed by atoms with Crippen LogP contribution in [-0.2, 0) is 9.59 Å². The van der Waals surface area contributed by atoms with Gasteiger partial charge in [0.1, 0.15) is 6.04 Å². The lowest BCUT2D eigenvalue weighted by molar-refractivity contribution is -0.128. The fraction of sp³-hybridized carbons (Fsp3) is 0.357. The fourth-order valence-corrected chi connectivity index (χ4v) is 2.97. The highest BCUT2D eigenvalue weighted by molar-refractivity contribution is 6.31. The summed E-state index contributed by atoms with van der Waals surface area (Å²) >= 11 is 5.76. The van der Waals surface area contributed by atoms with Gasteiger partial charge in [-0.2, -0.15) is 9.37 Å². The van der Waals surface area contributed by atoms with E-state index in [1.165, 1.54) is 17.0 Å². The molecule has 1 saturated heterocycles. The van der Waals surface area contributed by atoms with E-state index in [9.17, 15) is 14.0 Å². The largest absolute Gasteiger partial charge is 0.339 e. The second-order valence-electron chi connectivity index (χ2n) is 5.20. The number of rotatable bonds is 1. The van der Waals surface area contributed by atoms with Crippen LogP contribution in [0.3, 0.4) is 0 Å². The molecule has 0 aliphatic carbocycles. The molecule has 2 aliphatic heterocycles. The maximum Gasteiger partial charge on any atom is 0.251 e. The zero-order valence-electron chi connectivity index (χ0n) is 11.9. The lowest BCUT2D eigenvalue weighted by Crippen LogP contribution is -2.63. The molecule has 1 atom stereocenters. The normalized spacial score (nSPS) is 20.6. The lowest BCUT2D eigenvalue weighted by atomic mass is 10.1. The number of aromatic nitrogens is 1. The SMILES string of the molecule is C=CC(=O)N1CCN2c3nc(F)c(Cl)cc3N(C)C(=O)[C@@H]2C1. The number of hydrogen-bond donors (Lipinski definition) is 0. The van der Waals surface area contributed by atoms with Gasteiger partial charge in [0.15, 0.2) is 5.82 Å². The van der Waals surface area contributed by atoms with Gasteiger partial charge in [0.2, 0.25) is 11.9 Å². The van der Waals surface area contributed by atoms with Gasteiger partial charge < -0.3 is 14.7 Å². The van der Waals surface area contributed by atoms with Gasteiger partial charge in [0, 0.05) is 20.1 Å². The second-order valence-corrected chi connectivity index (χ2v) is 5.61. The van der Waals surface area contributed by atoms with Crippen molar-refractivity contribution in [3.8, 4) is 0 Å². The van der Waals surface area contributed by atoms with E-state index in [0.29, 0.717) is 24.6 Å². The molecule has 0 bridgehead atoms. The van der Waals surface area contributed by atoms with E-state index in [-0.39, 0.29) is 23.4 Å². The highest BCUT2D eigenvalue weighted by Crippen LogP contribution is 2.37. The molecule has 3 heterocycles. The van der Waals surface area contributed by atoms with Gasteiger partial charge in [-0.15, -0.1) is 0 Å². The number of nitrogens with zero attached hydrogens (tertiary/aromatic N) is 4. The van der Waals surface area contributed by atoms with E-state index in [2.05, 4.69) is 11.6 Å². The molecule has 2 amide bonds. The first-order chi connectivity index (χ1) is 10.4. The smallest absolute Gasteiger partial charge is 0.251 e. The van der Waals surface area contributed by atoms with E-state index in [0.717, 1.165) is 0 Å². The van der Waals surface area contributed by atoms with E-state index in [1.807, 2.05) is 0 Å². The zero-order valence-corrected chi connectivity index (χ0v) is 12.7. The predicted molar refractivity (Wildman–Crippen MR) is 80.5 cm³/mol. The average Bonchev–Trinajstić information content (AvgIpc) is 2.53. The summed E-state index contributed by atoms with van der Waals surface area (Å²) in [6.45, 7) is 4.49. The summed E-state index contributed by atoms with van der Waals surface area (Å²) in [7, 11) is 1.59. The number of anilines is 2. The number of carbonyl (C=O) groups is 2. The highest BCUT2D eigenvalue weighted by atomic mass is 35.5. The maximum atomic E-state index is 13.7. The molecule has 0 aromatic carbocycles. The van der Waals surface area contributed by atoms with Crippen LogP contribution in [0.1, 0.15) is 0 Å². The van der Waals surface area contributed by atoms with Gasteiger partial charge in [0.25, 0.3) is 5.91 Å². The predicted octanol–water partition coefficient (Wildman–Crippen LogP) is 1.05. The van der Waals surface area contributed by atoms with E-state index < -0.39 is 12.0 Å². The summed E-state index contributed by atoms with van der Waals surface area (Å²) in [6, 6.07) is 0.817. The summed E-state index contributed by atoms with van der Waals surface area (Å²) < 4.78 is 13.7. The molecule has 0 radical (unpaired) electrons. The highest BCUT2D eigenvalue weighted by Gasteiger charge is 2.42. The maximum absolute atomic E-state index is 13.7. The molecular weight excluding hydrogens is 311 g/mol. The average molecular weight is 325 g/mol. The minimum absolute atomic E-state index is 0.127. The van der Waals surface area contributed by atoms with Crippen LogP contribution in [0.25, 0.3) is 0 Å². The Kier molecular flexibility index (Phi) is 3.52. The molecule has 1 aromatic rings. The Morgan fingerprint density at radius 1 is 1.55 bits per heavy atom. The molecule has 6 nitrogen and oxygen atoms in total. The Balaban J connectivity index is 2.01. The van der Waals surface area contributed by atoms with Gasteiger partial charge >= 0.3 is 0 Å². The summed E-state index contributed by atoms with van der Waals surface area (Å²) in [5.41, 5.74) is 0.469. The Bertz CT molecular complexity index is 681. The summed E-state index contributed by atoms with van der Waals surface area (Å²) in [4.78, 5) is 32.8. The topological polar surface area (TPSA) is 56.8 Å². The number of carbonyl (C=O) groups excluding carboxylic acids is 2. The van der Waals surface area contributed by atoms with Gasteiger partial charge in [-0.3, -0.25) is 9.59 Å². The number of piperazine rings is 1. The van der Waals surface area contributed by atoms with Crippen molar-refractivity contribution in [1.29, 1.82) is 0 Å². The molecule has 116 valence electrons. The third kappa shape index (κ3) is 2.12. The summed E-state index contributed by atoms with van der Waals surface area (Å²) in [5, 5.41) is -0.127. The first kappa shape index (κ1) is 14.8. The van der Waals surface area contributed by atoms with Crippen LogP contribution in [0.5, 0.6) is 0 Å². The number of pyridine rings is 1. The van der Waals surface area contributed by atoms with Crippen LogP contribution < -0.4 is 9.80 Å². The Morgan fingerprint density at radius 3 is 2.95 bits per heavy atom. The van der Waals surface area contributed by atoms with E-state index in [1.54, 1.807) is 16.8 Å². The number of hydrogen-bond acceptors (Lipinski definition) is 4. The van der Waals surface area contributed by atoms with Crippen molar-refractivity contribution < 1.29 is 14.0 Å². The standard InChI is InChI=1S/C14H14ClFN4O2/c1-3-11(21)19-4-5-20-10(7-19)14(22)18(2)9-6-8(15)12(16)17-13(9)20/h3,6,10H,1,4-5,7H2,2H3/t10-/m0/s1. The number of halogens is 2. The molecular formula is C14H14ClFN4O2. The Labute approximate surface area is 131 Å². The lowest BCUT2D eigenvalue weighted by Gasteiger charge is -2.46. The van der Waals surface area contributed by atoms with Crippen molar-refractivity contribution in [2.45, 2.75) is 6.04 Å². The minimum Gasteiger partial charge on any atom is -0.339 e. The molecule has 8 heteroatoms. The van der Waals surface area contributed by atoms with Crippen LogP contribution in [0.2, 0.25) is 5.02 Å². The first-order valence-electron chi connectivity index (χ1n) is 6.75. The van der Waals surface area contributed by atoms with Crippen molar-refractivity contribution in [3.05, 3.63) is 29.7 Å². The van der Waals surface area contributed by atoms with Crippen molar-refractivity contribution in [2.24, 2.45) is 0 Å². The van der Waals surface area contributed by atoms with Crippen LogP contribution in [0.4, 0.5) is 15.9 Å². The molecule has 1 fully saturated rings. The molecule has 0 saturated carbocycles. The Morgan fingerprint density at radius 2 is 2.27 bits per heavy atom. The molecule has 0 N–H and O–H groups in total. The second kappa shape index (κ2) is 5.24. The monoisotopic (exact) mass is 324 g/mol. The van der Waals surface area contributed by atoms with Crippen molar-refractivity contribution >= 4 is 34.9 Å². The number of amides is 2. The van der Waals surface area contributed by atoms with Gasteiger partial charge in [-0.25, -0.2) is 0 Å². The summed E-state index contributed by atoms with van der Waals surface area (Å²) in [6.07, 6.45) is 1.22. The van der Waals surface area contributed by atoms with Crippen LogP contribution >= 0.6 is 11.6 Å². The third-order valence-corrected chi connectivity index (χ3v) is 4.27. The first-order valence-corrected chi connectivity index (χ1v) is 7.13.